The molecule has 82 valence electrons. The quantitative estimate of drug-likeness (QED) is 0.510. The number of carbonyl (C=O) groups is 1. The van der Waals surface area contributed by atoms with Gasteiger partial charge in [0.25, 0.3) is 0 Å². The zero-order valence-corrected chi connectivity index (χ0v) is 11.3. The van der Waals surface area contributed by atoms with E-state index in [1.807, 2.05) is 0 Å². The third-order valence-corrected chi connectivity index (χ3v) is 1.89. The van der Waals surface area contributed by atoms with Crippen LogP contribution in [0.2, 0.25) is 0 Å². The van der Waals surface area contributed by atoms with Gasteiger partial charge in [-0.25, -0.2) is 4.98 Å². The van der Waals surface area contributed by atoms with Crippen LogP contribution in [-0.4, -0.2) is 33.1 Å². The normalized spacial score (nSPS) is 9.47. The van der Waals surface area contributed by atoms with E-state index in [0.717, 1.165) is 4.80 Å². The maximum atomic E-state index is 10.9. The first kappa shape index (κ1) is 13.6. The molecule has 0 atom stereocenters. The Kier molecular flexibility index (Phi) is 4.62. The Hall–Kier alpha value is -1.44. The van der Waals surface area contributed by atoms with Gasteiger partial charge in [0.15, 0.2) is 0 Å². The van der Waals surface area contributed by atoms with Gasteiger partial charge in [-0.3, -0.25) is 0 Å². The van der Waals surface area contributed by atoms with Gasteiger partial charge in [0.1, 0.15) is 11.4 Å². The summed E-state index contributed by atoms with van der Waals surface area (Å²) in [7, 11) is 1.40. The van der Waals surface area contributed by atoms with Gasteiger partial charge in [0, 0.05) is 6.07 Å². The largest absolute Gasteiger partial charge is 1.00 e. The zero-order chi connectivity index (χ0) is 11.5. The molecule has 17 heavy (non-hydrogen) atoms. The van der Waals surface area contributed by atoms with Crippen LogP contribution in [0.4, 0.5) is 0 Å². The smallest absolute Gasteiger partial charge is 0.543 e. The number of rotatable bonds is 3. The van der Waals surface area contributed by atoms with Crippen molar-refractivity contribution in [2.75, 3.05) is 7.11 Å². The number of nitrogens with zero attached hydrogens (tertiary/aromatic N) is 4. The number of hydrogen-bond acceptors (Lipinski definition) is 6. The maximum Gasteiger partial charge on any atom is 1.00 e. The minimum absolute atomic E-state index is 0. The van der Waals surface area contributed by atoms with Crippen molar-refractivity contribution >= 4 is 5.97 Å². The minimum Gasteiger partial charge on any atom is -0.543 e. The van der Waals surface area contributed by atoms with Crippen LogP contribution in [0.25, 0.3) is 5.69 Å². The van der Waals surface area contributed by atoms with Crippen LogP contribution in [0.3, 0.4) is 0 Å². The van der Waals surface area contributed by atoms with Gasteiger partial charge in [-0.2, -0.15) is 10.2 Å². The predicted octanol–water partition coefficient (Wildman–Crippen LogP) is -3.96. The molecule has 8 heteroatoms. The maximum absolute atomic E-state index is 10.9. The Morgan fingerprint density at radius 3 is 2.53 bits per heavy atom. The summed E-state index contributed by atoms with van der Waals surface area (Å²) in [5.74, 6) is -1.22. The molecule has 0 radical (unpaired) electrons. The molecule has 0 aliphatic heterocycles. The number of ether oxygens (including phenoxy) is 1. The molecule has 2 aromatic rings. The minimum atomic E-state index is -1.41. The number of carbonyl (C=O) groups excluding carboxylic acids is 1. The summed E-state index contributed by atoms with van der Waals surface area (Å²) in [5.41, 5.74) is -0.0404. The van der Waals surface area contributed by atoms with Crippen LogP contribution in [0, 0.1) is 0 Å². The van der Waals surface area contributed by atoms with Gasteiger partial charge in [0.05, 0.1) is 25.5 Å². The van der Waals surface area contributed by atoms with Crippen molar-refractivity contribution in [2.45, 2.75) is 0 Å². The number of hydrogen-bond donors (Lipinski definition) is 0. The van der Waals surface area contributed by atoms with Crippen molar-refractivity contribution in [2.24, 2.45) is 0 Å². The average Bonchev–Trinajstić information content (AvgIpc) is 2.81. The monoisotopic (exact) mass is 242 g/mol. The van der Waals surface area contributed by atoms with Crippen LogP contribution in [0.5, 0.6) is 5.88 Å². The molecule has 2 rings (SSSR count). The number of methoxy groups -OCH3 is 1. The Labute approximate surface area is 119 Å². The van der Waals surface area contributed by atoms with Crippen LogP contribution in [-0.2, 0) is 0 Å². The first-order chi connectivity index (χ1) is 7.72. The van der Waals surface area contributed by atoms with E-state index in [1.165, 1.54) is 31.6 Å². The number of aromatic nitrogens is 4. The van der Waals surface area contributed by atoms with Crippen LogP contribution < -0.4 is 39.4 Å². The predicted molar refractivity (Wildman–Crippen MR) is 50.0 cm³/mol. The summed E-state index contributed by atoms with van der Waals surface area (Å²) in [6.45, 7) is 0. The van der Waals surface area contributed by atoms with Gasteiger partial charge < -0.3 is 14.6 Å². The number of carboxylic acids is 1. The molecule has 0 bridgehead atoms. The molecule has 2 aromatic heterocycles. The molecule has 0 saturated heterocycles. The molecule has 7 nitrogen and oxygen atoms in total. The topological polar surface area (TPSA) is 93.0 Å². The third-order valence-electron chi connectivity index (χ3n) is 1.89. The fraction of sp³-hybridized carbons (Fsp3) is 0.111. The first-order valence-electron chi connectivity index (χ1n) is 4.35. The second-order valence-corrected chi connectivity index (χ2v) is 2.83. The summed E-state index contributed by atoms with van der Waals surface area (Å²) in [4.78, 5) is 15.8. The summed E-state index contributed by atoms with van der Waals surface area (Å²) in [6, 6.07) is 3.02. The van der Waals surface area contributed by atoms with Gasteiger partial charge >= 0.3 is 29.6 Å². The van der Waals surface area contributed by atoms with Gasteiger partial charge in [0.2, 0.25) is 5.88 Å². The SMILES string of the molecule is COc1ccc(-n2nccn2)c(C(=O)[O-])n1.[Na+]. The molecule has 0 N–H and O–H groups in total. The molecule has 0 amide bonds. The molecular formula is C9H7N4NaO3. The molecular weight excluding hydrogens is 235 g/mol. The Morgan fingerprint density at radius 2 is 2.00 bits per heavy atom. The second-order valence-electron chi connectivity index (χ2n) is 2.83. The Balaban J connectivity index is 0.00000144. The first-order valence-corrected chi connectivity index (χ1v) is 4.35. The van der Waals surface area contributed by atoms with Crippen molar-refractivity contribution in [3.8, 4) is 11.6 Å². The van der Waals surface area contributed by atoms with Crippen LogP contribution >= 0.6 is 0 Å². The molecule has 2 heterocycles. The van der Waals surface area contributed by atoms with Crippen LogP contribution in [0.1, 0.15) is 10.5 Å². The Morgan fingerprint density at radius 1 is 1.35 bits per heavy atom. The van der Waals surface area contributed by atoms with E-state index in [4.69, 9.17) is 4.74 Å². The number of carboxylic acid groups (broad SMARTS) is 1. The van der Waals surface area contributed by atoms with Gasteiger partial charge in [-0.15, -0.1) is 4.80 Å². The van der Waals surface area contributed by atoms with E-state index < -0.39 is 5.97 Å². The van der Waals surface area contributed by atoms with E-state index in [9.17, 15) is 9.90 Å². The molecule has 0 aliphatic rings. The molecule has 0 saturated carbocycles. The molecule has 0 aromatic carbocycles. The van der Waals surface area contributed by atoms with Gasteiger partial charge in [-0.1, -0.05) is 0 Å². The summed E-state index contributed by atoms with van der Waals surface area (Å²) in [6.07, 6.45) is 2.87. The number of aromatic carboxylic acids is 1. The summed E-state index contributed by atoms with van der Waals surface area (Å²) >= 11 is 0. The number of pyridine rings is 1. The van der Waals surface area contributed by atoms with E-state index in [1.54, 1.807) is 0 Å². The van der Waals surface area contributed by atoms with Gasteiger partial charge in [-0.05, 0) is 6.07 Å². The molecule has 0 unspecified atom stereocenters. The fourth-order valence-corrected chi connectivity index (χ4v) is 1.20. The van der Waals surface area contributed by atoms with E-state index in [-0.39, 0.29) is 46.8 Å². The second kappa shape index (κ2) is 5.76. The van der Waals surface area contributed by atoms with E-state index in [2.05, 4.69) is 15.2 Å². The molecule has 0 spiro atoms. The van der Waals surface area contributed by atoms with E-state index in [0.29, 0.717) is 0 Å². The zero-order valence-electron chi connectivity index (χ0n) is 9.32. The molecule has 0 aliphatic carbocycles. The standard InChI is InChI=1S/C9H8N4O3.Na/c1-16-7-3-2-6(8(12-7)9(14)15)13-10-4-5-11-13;/h2-5H,1H3,(H,14,15);/q;+1/p-1. The summed E-state index contributed by atoms with van der Waals surface area (Å²) in [5, 5.41) is 18.5. The third kappa shape index (κ3) is 2.82. The summed E-state index contributed by atoms with van der Waals surface area (Å²) < 4.78 is 4.83. The van der Waals surface area contributed by atoms with Crippen molar-refractivity contribution < 1.29 is 44.2 Å². The molecule has 0 fully saturated rings. The van der Waals surface area contributed by atoms with Crippen molar-refractivity contribution in [3.05, 3.63) is 30.2 Å². The Bertz CT molecular complexity index is 515. The van der Waals surface area contributed by atoms with Crippen LogP contribution in [0.15, 0.2) is 24.5 Å². The van der Waals surface area contributed by atoms with Crippen molar-refractivity contribution in [1.82, 2.24) is 20.0 Å². The van der Waals surface area contributed by atoms with Crippen molar-refractivity contribution in [1.29, 1.82) is 0 Å². The fourth-order valence-electron chi connectivity index (χ4n) is 1.20. The van der Waals surface area contributed by atoms with E-state index >= 15 is 0 Å². The van der Waals surface area contributed by atoms with Crippen molar-refractivity contribution in [3.63, 3.8) is 0 Å². The average molecular weight is 242 g/mol.